The second kappa shape index (κ2) is 7.07. The Morgan fingerprint density at radius 2 is 2.14 bits per heavy atom. The normalized spacial score (nSPS) is 13.2. The maximum atomic E-state index is 12.6. The fourth-order valence-corrected chi connectivity index (χ4v) is 4.04. The van der Waals surface area contributed by atoms with Crippen LogP contribution in [0.1, 0.15) is 6.92 Å². The molecular weight excluding hydrogens is 316 g/mol. The summed E-state index contributed by atoms with van der Waals surface area (Å²) in [5.74, 6) is 5.82. The van der Waals surface area contributed by atoms with E-state index in [-0.39, 0.29) is 16.6 Å². The molecule has 0 heterocycles. The van der Waals surface area contributed by atoms with Gasteiger partial charge in [0.1, 0.15) is 0 Å². The molecule has 0 saturated heterocycles. The van der Waals surface area contributed by atoms with Gasteiger partial charge in [0.2, 0.25) is 10.0 Å². The number of hydrazine groups is 1. The van der Waals surface area contributed by atoms with Crippen molar-refractivity contribution in [3.05, 3.63) is 28.3 Å². The first kappa shape index (κ1) is 17.7. The van der Waals surface area contributed by atoms with Gasteiger partial charge >= 0.3 is 0 Å². The van der Waals surface area contributed by atoms with E-state index in [9.17, 15) is 18.5 Å². The summed E-state index contributed by atoms with van der Waals surface area (Å²) in [6, 6.07) is 3.34. The summed E-state index contributed by atoms with van der Waals surface area (Å²) in [5.41, 5.74) is 2.10. The van der Waals surface area contributed by atoms with Crippen molar-refractivity contribution >= 4 is 33.2 Å². The molecule has 0 aliphatic heterocycles. The maximum Gasteiger partial charge on any atom is 0.289 e. The molecule has 8 nitrogen and oxygen atoms in total. The number of thioether (sulfide) groups is 1. The first-order valence-corrected chi connectivity index (χ1v) is 8.81. The van der Waals surface area contributed by atoms with E-state index in [0.717, 1.165) is 16.4 Å². The summed E-state index contributed by atoms with van der Waals surface area (Å²) in [6.07, 6.45) is 1.86. The van der Waals surface area contributed by atoms with E-state index in [0.29, 0.717) is 5.75 Å². The lowest BCUT2D eigenvalue weighted by atomic mass is 10.3. The molecule has 10 heteroatoms. The monoisotopic (exact) mass is 334 g/mol. The van der Waals surface area contributed by atoms with Crippen molar-refractivity contribution < 1.29 is 13.3 Å². The van der Waals surface area contributed by atoms with E-state index < -0.39 is 20.6 Å². The van der Waals surface area contributed by atoms with Gasteiger partial charge in [-0.15, -0.1) is 0 Å². The van der Waals surface area contributed by atoms with Crippen LogP contribution >= 0.6 is 11.8 Å². The third-order valence-corrected chi connectivity index (χ3v) is 5.83. The highest BCUT2D eigenvalue weighted by Gasteiger charge is 2.32. The third-order valence-electron chi connectivity index (χ3n) is 3.01. The number of nitrogens with one attached hydrogen (secondary N) is 1. The van der Waals surface area contributed by atoms with Crippen molar-refractivity contribution in [2.24, 2.45) is 5.84 Å². The van der Waals surface area contributed by atoms with E-state index in [1.165, 1.54) is 24.9 Å². The number of nitrogens with zero attached hydrogens (tertiary/aromatic N) is 2. The summed E-state index contributed by atoms with van der Waals surface area (Å²) >= 11 is 1.50. The Labute approximate surface area is 127 Å². The Bertz CT molecular complexity index is 621. The molecule has 0 aromatic heterocycles. The molecule has 118 valence electrons. The van der Waals surface area contributed by atoms with Gasteiger partial charge in [-0.05, 0) is 25.3 Å². The Hall–Kier alpha value is -1.36. The van der Waals surface area contributed by atoms with E-state index >= 15 is 0 Å². The molecule has 1 aromatic rings. The van der Waals surface area contributed by atoms with Crippen LogP contribution < -0.4 is 11.3 Å². The van der Waals surface area contributed by atoms with Crippen molar-refractivity contribution in [3.63, 3.8) is 0 Å². The maximum absolute atomic E-state index is 12.6. The Kier molecular flexibility index (Phi) is 5.96. The summed E-state index contributed by atoms with van der Waals surface area (Å²) in [6.45, 7) is 1.74. The van der Waals surface area contributed by atoms with Crippen molar-refractivity contribution in [2.75, 3.05) is 24.5 Å². The highest BCUT2D eigenvalue weighted by Crippen LogP contribution is 2.29. The van der Waals surface area contributed by atoms with Gasteiger partial charge in [-0.2, -0.15) is 16.1 Å². The average Bonchev–Trinajstić information content (AvgIpc) is 2.45. The minimum atomic E-state index is -3.99. The molecule has 1 aromatic carbocycles. The second-order valence-corrected chi connectivity index (χ2v) is 7.29. The van der Waals surface area contributed by atoms with Crippen LogP contribution in [-0.4, -0.2) is 42.7 Å². The Morgan fingerprint density at radius 3 is 2.62 bits per heavy atom. The van der Waals surface area contributed by atoms with E-state index in [1.807, 2.05) is 6.26 Å². The summed E-state index contributed by atoms with van der Waals surface area (Å²) in [5, 5.41) is 11.1. The Balaban J connectivity index is 3.38. The van der Waals surface area contributed by atoms with Gasteiger partial charge in [-0.25, -0.2) is 8.42 Å². The number of rotatable bonds is 7. The van der Waals surface area contributed by atoms with Gasteiger partial charge in [-0.1, -0.05) is 0 Å². The van der Waals surface area contributed by atoms with Crippen LogP contribution in [0.15, 0.2) is 23.1 Å². The number of benzene rings is 1. The minimum absolute atomic E-state index is 0.282. The predicted molar refractivity (Wildman–Crippen MR) is 83.7 cm³/mol. The van der Waals surface area contributed by atoms with E-state index in [2.05, 4.69) is 5.43 Å². The topological polar surface area (TPSA) is 119 Å². The number of nitrogens with two attached hydrogens (primary N) is 1. The molecule has 0 spiro atoms. The number of nitrogen functional groups attached to an aromatic ring is 1. The lowest BCUT2D eigenvalue weighted by Gasteiger charge is -2.23. The van der Waals surface area contributed by atoms with Gasteiger partial charge < -0.3 is 5.43 Å². The predicted octanol–water partition coefficient (Wildman–Crippen LogP) is 1.25. The third kappa shape index (κ3) is 3.84. The van der Waals surface area contributed by atoms with Crippen LogP contribution in [0.5, 0.6) is 0 Å². The standard InChI is InChI=1S/C11H18N4O4S2/c1-8(7-20-3)14(2)21(18,19)11-6-9(13-12)4-5-10(11)15(16)17/h4-6,8,13H,7,12H2,1-3H3. The first-order chi connectivity index (χ1) is 9.75. The van der Waals surface area contributed by atoms with Crippen molar-refractivity contribution in [2.45, 2.75) is 17.9 Å². The van der Waals surface area contributed by atoms with Gasteiger partial charge in [0, 0.05) is 24.9 Å². The van der Waals surface area contributed by atoms with Crippen molar-refractivity contribution in [3.8, 4) is 0 Å². The molecule has 0 saturated carbocycles. The SMILES string of the molecule is CSCC(C)N(C)S(=O)(=O)c1cc(NN)ccc1[N+](=O)[O-]. The zero-order valence-electron chi connectivity index (χ0n) is 11.9. The van der Waals surface area contributed by atoms with E-state index in [4.69, 9.17) is 5.84 Å². The number of nitro groups is 1. The van der Waals surface area contributed by atoms with Crippen LogP contribution in [-0.2, 0) is 10.0 Å². The largest absolute Gasteiger partial charge is 0.324 e. The lowest BCUT2D eigenvalue weighted by Crippen LogP contribution is -2.36. The minimum Gasteiger partial charge on any atom is -0.324 e. The molecule has 0 radical (unpaired) electrons. The van der Waals surface area contributed by atoms with Gasteiger partial charge in [-0.3, -0.25) is 16.0 Å². The summed E-state index contributed by atoms with van der Waals surface area (Å²) < 4.78 is 26.3. The van der Waals surface area contributed by atoms with Crippen LogP contribution in [0.4, 0.5) is 11.4 Å². The number of anilines is 1. The number of hydrogen-bond donors (Lipinski definition) is 2. The molecule has 1 atom stereocenters. The fraction of sp³-hybridized carbons (Fsp3) is 0.455. The zero-order valence-corrected chi connectivity index (χ0v) is 13.6. The number of nitro benzene ring substituents is 1. The molecule has 21 heavy (non-hydrogen) atoms. The van der Waals surface area contributed by atoms with Gasteiger partial charge in [0.05, 0.1) is 10.6 Å². The molecule has 0 aliphatic rings. The molecule has 1 unspecified atom stereocenters. The number of sulfonamides is 1. The molecule has 0 amide bonds. The highest BCUT2D eigenvalue weighted by atomic mass is 32.2. The fourth-order valence-electron chi connectivity index (χ4n) is 1.70. The smallest absolute Gasteiger partial charge is 0.289 e. The highest BCUT2D eigenvalue weighted by molar-refractivity contribution is 7.98. The van der Waals surface area contributed by atoms with Gasteiger partial charge in [0.25, 0.3) is 5.69 Å². The Morgan fingerprint density at radius 1 is 1.52 bits per heavy atom. The van der Waals surface area contributed by atoms with Crippen LogP contribution in [0, 0.1) is 10.1 Å². The van der Waals surface area contributed by atoms with Crippen molar-refractivity contribution in [1.29, 1.82) is 0 Å². The average molecular weight is 334 g/mol. The lowest BCUT2D eigenvalue weighted by molar-refractivity contribution is -0.387. The van der Waals surface area contributed by atoms with Crippen molar-refractivity contribution in [1.82, 2.24) is 4.31 Å². The zero-order chi connectivity index (χ0) is 16.2. The second-order valence-electron chi connectivity index (χ2n) is 4.41. The quantitative estimate of drug-likeness (QED) is 0.437. The molecule has 3 N–H and O–H groups in total. The van der Waals surface area contributed by atoms with Gasteiger partial charge in [0.15, 0.2) is 4.90 Å². The summed E-state index contributed by atoms with van der Waals surface area (Å²) in [4.78, 5) is 9.95. The molecule has 0 aliphatic carbocycles. The van der Waals surface area contributed by atoms with Crippen LogP contribution in [0.2, 0.25) is 0 Å². The molecule has 1 rings (SSSR count). The van der Waals surface area contributed by atoms with E-state index in [1.54, 1.807) is 6.92 Å². The van der Waals surface area contributed by atoms with Crippen LogP contribution in [0.3, 0.4) is 0 Å². The molecule has 0 bridgehead atoms. The first-order valence-electron chi connectivity index (χ1n) is 5.97. The molecular formula is C11H18N4O4S2. The number of hydrogen-bond acceptors (Lipinski definition) is 7. The van der Waals surface area contributed by atoms with Crippen LogP contribution in [0.25, 0.3) is 0 Å². The molecule has 0 fully saturated rings. The summed E-state index contributed by atoms with van der Waals surface area (Å²) in [7, 11) is -2.58.